The summed E-state index contributed by atoms with van der Waals surface area (Å²) in [5.41, 5.74) is 1.42. The van der Waals surface area contributed by atoms with Crippen LogP contribution in [0.3, 0.4) is 0 Å². The van der Waals surface area contributed by atoms with E-state index in [0.717, 1.165) is 18.4 Å². The highest BCUT2D eigenvalue weighted by Crippen LogP contribution is 2.34. The van der Waals surface area contributed by atoms with E-state index in [-0.39, 0.29) is 4.90 Å². The van der Waals surface area contributed by atoms with Gasteiger partial charge in [0.25, 0.3) is 0 Å². The maximum Gasteiger partial charge on any atom is 0.206 e. The van der Waals surface area contributed by atoms with Gasteiger partial charge >= 0.3 is 0 Å². The number of hydrogen-bond donors (Lipinski definition) is 1. The summed E-state index contributed by atoms with van der Waals surface area (Å²) in [4.78, 5) is 12.8. The third-order valence-corrected chi connectivity index (χ3v) is 7.23. The minimum atomic E-state index is -3.96. The molecule has 4 nitrogen and oxygen atoms in total. The summed E-state index contributed by atoms with van der Waals surface area (Å²) < 4.78 is 23.9. The van der Waals surface area contributed by atoms with Gasteiger partial charge in [0.1, 0.15) is 0 Å². The number of sulfone groups is 1. The van der Waals surface area contributed by atoms with E-state index in [1.165, 1.54) is 6.92 Å². The first-order valence-electron chi connectivity index (χ1n) is 7.46. The first-order chi connectivity index (χ1) is 10.2. The van der Waals surface area contributed by atoms with E-state index < -0.39 is 25.9 Å². The predicted molar refractivity (Wildman–Crippen MR) is 88.0 cm³/mol. The Labute approximate surface area is 137 Å². The maximum absolute atomic E-state index is 12.9. The zero-order chi connectivity index (χ0) is 16.5. The van der Waals surface area contributed by atoms with Crippen molar-refractivity contribution in [2.75, 3.05) is 6.54 Å². The number of alkyl halides is 1. The topological polar surface area (TPSA) is 63.2 Å². The fourth-order valence-corrected chi connectivity index (χ4v) is 4.76. The van der Waals surface area contributed by atoms with Gasteiger partial charge in [-0.15, -0.1) is 0 Å². The average molecular weight is 344 g/mol. The molecule has 2 unspecified atom stereocenters. The fraction of sp³-hybridized carbons (Fsp3) is 0.562. The lowest BCUT2D eigenvalue weighted by Crippen LogP contribution is -2.51. The van der Waals surface area contributed by atoms with Crippen LogP contribution in [0.5, 0.6) is 0 Å². The van der Waals surface area contributed by atoms with Gasteiger partial charge in [-0.05, 0) is 57.4 Å². The molecule has 0 bridgehead atoms. The molecule has 122 valence electrons. The van der Waals surface area contributed by atoms with E-state index in [9.17, 15) is 13.2 Å². The van der Waals surface area contributed by atoms with Gasteiger partial charge in [-0.2, -0.15) is 0 Å². The molecule has 6 heteroatoms. The number of rotatable bonds is 4. The molecular formula is C16H22ClNO3S. The Balaban J connectivity index is 2.41. The molecule has 1 aromatic carbocycles. The molecule has 1 saturated heterocycles. The maximum atomic E-state index is 12.9. The number of carbonyl (C=O) groups is 1. The molecule has 2 rings (SSSR count). The SMILES string of the molecule is Cc1ccc(C)c(S(=O)(=O)C(C)(Cl)C(=O)C2CCCCN2)c1. The van der Waals surface area contributed by atoms with Gasteiger partial charge in [0.05, 0.1) is 10.9 Å². The quantitative estimate of drug-likeness (QED) is 0.854. The monoisotopic (exact) mass is 343 g/mol. The summed E-state index contributed by atoms with van der Waals surface area (Å²) in [6, 6.07) is 4.66. The van der Waals surface area contributed by atoms with Crippen LogP contribution < -0.4 is 5.32 Å². The minimum absolute atomic E-state index is 0.133. The average Bonchev–Trinajstić information content (AvgIpc) is 2.49. The molecule has 1 aromatic rings. The Kier molecular flexibility index (Phi) is 5.00. The number of halogens is 1. The number of piperidine rings is 1. The number of nitrogens with one attached hydrogen (secondary N) is 1. The minimum Gasteiger partial charge on any atom is -0.307 e. The van der Waals surface area contributed by atoms with E-state index in [1.807, 2.05) is 13.0 Å². The Hall–Kier alpha value is -0.910. The summed E-state index contributed by atoms with van der Waals surface area (Å²) in [6.07, 6.45) is 2.52. The van der Waals surface area contributed by atoms with Crippen molar-refractivity contribution in [3.05, 3.63) is 29.3 Å². The van der Waals surface area contributed by atoms with Crippen molar-refractivity contribution >= 4 is 27.2 Å². The third kappa shape index (κ3) is 3.07. The second-order valence-electron chi connectivity index (χ2n) is 6.06. The van der Waals surface area contributed by atoms with E-state index in [2.05, 4.69) is 5.32 Å². The highest BCUT2D eigenvalue weighted by molar-refractivity contribution is 7.95. The number of hydrogen-bond acceptors (Lipinski definition) is 4. The van der Waals surface area contributed by atoms with E-state index in [1.54, 1.807) is 19.1 Å². The second kappa shape index (κ2) is 6.30. The smallest absolute Gasteiger partial charge is 0.206 e. The van der Waals surface area contributed by atoms with Crippen LogP contribution in [0.2, 0.25) is 0 Å². The molecule has 0 aromatic heterocycles. The molecule has 0 aliphatic carbocycles. The van der Waals surface area contributed by atoms with Gasteiger partial charge in [-0.25, -0.2) is 8.42 Å². The summed E-state index contributed by atoms with van der Waals surface area (Å²) in [6.45, 7) is 5.54. The van der Waals surface area contributed by atoms with Gasteiger partial charge in [0.2, 0.25) is 14.0 Å². The van der Waals surface area contributed by atoms with Crippen LogP contribution >= 0.6 is 11.6 Å². The van der Waals surface area contributed by atoms with Crippen molar-refractivity contribution in [1.29, 1.82) is 0 Å². The zero-order valence-electron chi connectivity index (χ0n) is 13.1. The fourth-order valence-electron chi connectivity index (χ4n) is 2.72. The second-order valence-corrected chi connectivity index (χ2v) is 9.30. The van der Waals surface area contributed by atoms with Crippen LogP contribution in [0.15, 0.2) is 23.1 Å². The van der Waals surface area contributed by atoms with Crippen LogP contribution in [-0.2, 0) is 14.6 Å². The van der Waals surface area contributed by atoms with Crippen molar-refractivity contribution < 1.29 is 13.2 Å². The molecule has 0 saturated carbocycles. The van der Waals surface area contributed by atoms with Gasteiger partial charge in [0.15, 0.2) is 5.78 Å². The Morgan fingerprint density at radius 2 is 2.00 bits per heavy atom. The van der Waals surface area contributed by atoms with Gasteiger partial charge < -0.3 is 5.32 Å². The molecule has 1 fully saturated rings. The van der Waals surface area contributed by atoms with Crippen molar-refractivity contribution in [2.24, 2.45) is 0 Å². The van der Waals surface area contributed by atoms with Crippen LogP contribution in [0.25, 0.3) is 0 Å². The number of benzene rings is 1. The van der Waals surface area contributed by atoms with Crippen molar-refractivity contribution in [1.82, 2.24) is 5.32 Å². The number of ketones is 1. The number of carbonyl (C=O) groups excluding carboxylic acids is 1. The molecule has 1 heterocycles. The predicted octanol–water partition coefficient (Wildman–Crippen LogP) is 2.74. The van der Waals surface area contributed by atoms with Crippen LogP contribution in [0.4, 0.5) is 0 Å². The van der Waals surface area contributed by atoms with Crippen LogP contribution in [0, 0.1) is 13.8 Å². The van der Waals surface area contributed by atoms with E-state index >= 15 is 0 Å². The van der Waals surface area contributed by atoms with Crippen molar-refractivity contribution in [3.63, 3.8) is 0 Å². The van der Waals surface area contributed by atoms with E-state index in [4.69, 9.17) is 11.6 Å². The van der Waals surface area contributed by atoms with E-state index in [0.29, 0.717) is 18.5 Å². The van der Waals surface area contributed by atoms with Gasteiger partial charge in [-0.1, -0.05) is 30.2 Å². The normalized spacial score (nSPS) is 22.1. The van der Waals surface area contributed by atoms with Gasteiger partial charge in [0, 0.05) is 0 Å². The first kappa shape index (κ1) is 17.4. The summed E-state index contributed by atoms with van der Waals surface area (Å²) in [7, 11) is -3.96. The summed E-state index contributed by atoms with van der Waals surface area (Å²) in [5, 5.41) is 3.08. The number of aryl methyl sites for hydroxylation is 2. The lowest BCUT2D eigenvalue weighted by molar-refractivity contribution is -0.121. The third-order valence-electron chi connectivity index (χ3n) is 4.20. The van der Waals surface area contributed by atoms with Gasteiger partial charge in [-0.3, -0.25) is 4.79 Å². The Morgan fingerprint density at radius 3 is 2.59 bits per heavy atom. The largest absolute Gasteiger partial charge is 0.307 e. The Morgan fingerprint density at radius 1 is 1.32 bits per heavy atom. The molecular weight excluding hydrogens is 322 g/mol. The Bertz CT molecular complexity index is 677. The molecule has 1 N–H and O–H groups in total. The lowest BCUT2D eigenvalue weighted by atomic mass is 9.99. The highest BCUT2D eigenvalue weighted by atomic mass is 35.5. The molecule has 0 spiro atoms. The molecule has 22 heavy (non-hydrogen) atoms. The first-order valence-corrected chi connectivity index (χ1v) is 9.32. The summed E-state index contributed by atoms with van der Waals surface area (Å²) >= 11 is 6.29. The highest BCUT2D eigenvalue weighted by Gasteiger charge is 2.48. The molecule has 2 atom stereocenters. The van der Waals surface area contributed by atoms with Crippen molar-refractivity contribution in [2.45, 2.75) is 55.2 Å². The lowest BCUT2D eigenvalue weighted by Gasteiger charge is -2.29. The summed E-state index contributed by atoms with van der Waals surface area (Å²) in [5.74, 6) is -0.463. The van der Waals surface area contributed by atoms with Crippen molar-refractivity contribution in [3.8, 4) is 0 Å². The van der Waals surface area contributed by atoms with Crippen LogP contribution in [-0.4, -0.2) is 31.0 Å². The molecule has 0 radical (unpaired) electrons. The standard InChI is InChI=1S/C16H22ClNO3S/c1-11-7-8-12(2)14(10-11)22(20,21)16(3,17)15(19)13-6-4-5-9-18-13/h7-8,10,13,18H,4-6,9H2,1-3H3. The zero-order valence-corrected chi connectivity index (χ0v) is 14.7. The molecule has 1 aliphatic heterocycles. The number of Topliss-reactive ketones (excluding diaryl/α,β-unsaturated/α-hetero) is 1. The molecule has 1 aliphatic rings. The van der Waals surface area contributed by atoms with Crippen LogP contribution in [0.1, 0.15) is 37.3 Å². The molecule has 0 amide bonds.